The van der Waals surface area contributed by atoms with Crippen molar-refractivity contribution >= 4 is 23.1 Å². The van der Waals surface area contributed by atoms with Crippen LogP contribution in [0.3, 0.4) is 0 Å². The Morgan fingerprint density at radius 1 is 0.655 bits per heavy atom. The molecule has 0 saturated heterocycles. The van der Waals surface area contributed by atoms with Crippen LogP contribution in [-0.4, -0.2) is 21.8 Å². The fraction of sp³-hybridized carbons (Fsp3) is 0.250. The molecule has 1 radical (unpaired) electrons. The zero-order chi connectivity index (χ0) is 21.1. The van der Waals surface area contributed by atoms with Crippen LogP contribution in [0.25, 0.3) is 11.5 Å². The molecule has 0 aliphatic rings. The Bertz CT molecular complexity index is 751. The third kappa shape index (κ3) is 9.93. The predicted octanol–water partition coefficient (Wildman–Crippen LogP) is 5.62. The van der Waals surface area contributed by atoms with Crippen molar-refractivity contribution in [1.82, 2.24) is 0 Å². The summed E-state index contributed by atoms with van der Waals surface area (Å²) in [4.78, 5) is 22.6. The number of benzene rings is 2. The molecule has 159 valence electrons. The molecule has 0 bridgehead atoms. The summed E-state index contributed by atoms with van der Waals surface area (Å²) in [5, 5.41) is 19.2. The Morgan fingerprint density at radius 3 is 1.17 bits per heavy atom. The molecule has 0 amide bonds. The molecule has 2 aromatic carbocycles. The summed E-state index contributed by atoms with van der Waals surface area (Å²) in [6.45, 7) is 7.21. The van der Waals surface area contributed by atoms with E-state index in [0.717, 1.165) is 0 Å². The Morgan fingerprint density at radius 2 is 0.931 bits per heavy atom. The van der Waals surface area contributed by atoms with E-state index in [9.17, 15) is 19.8 Å². The van der Waals surface area contributed by atoms with Crippen LogP contribution in [0.5, 0.6) is 0 Å². The van der Waals surface area contributed by atoms with E-state index in [4.69, 9.17) is 0 Å². The molecule has 2 aromatic rings. The maximum absolute atomic E-state index is 11.3. The number of aliphatic hydroxyl groups is 2. The van der Waals surface area contributed by atoms with Gasteiger partial charge in [0.2, 0.25) is 0 Å². The minimum absolute atomic E-state index is 0. The third-order valence-electron chi connectivity index (χ3n) is 3.84. The van der Waals surface area contributed by atoms with E-state index in [1.165, 1.54) is 12.2 Å². The van der Waals surface area contributed by atoms with E-state index in [1.807, 2.05) is 36.4 Å². The van der Waals surface area contributed by atoms with Crippen LogP contribution in [0.2, 0.25) is 0 Å². The first kappa shape index (κ1) is 26.4. The van der Waals surface area contributed by atoms with E-state index in [2.05, 4.69) is 0 Å². The Kier molecular flexibility index (Phi) is 12.3. The molecule has 0 heterocycles. The minimum atomic E-state index is -0.0825. The summed E-state index contributed by atoms with van der Waals surface area (Å²) >= 11 is 0. The van der Waals surface area contributed by atoms with Crippen molar-refractivity contribution in [3.05, 3.63) is 83.9 Å². The number of hydrogen-bond acceptors (Lipinski definition) is 4. The number of hydrogen-bond donors (Lipinski definition) is 2. The van der Waals surface area contributed by atoms with E-state index in [1.54, 1.807) is 52.0 Å². The van der Waals surface area contributed by atoms with Crippen molar-refractivity contribution in [2.75, 3.05) is 0 Å². The third-order valence-corrected chi connectivity index (χ3v) is 3.84. The first-order valence-corrected chi connectivity index (χ1v) is 9.22. The molecular weight excluding hydrogens is 416 g/mol. The summed E-state index contributed by atoms with van der Waals surface area (Å²) in [6.07, 6.45) is 2.56. The summed E-state index contributed by atoms with van der Waals surface area (Å²) in [7, 11) is 0. The standard InChI is InChI=1S/2C12H14O2.Cu/c2*1-9(2)11(13)8-12(14)10-6-4-3-5-7-10;/h2*3-9,14H,1-2H3;/b2*12-8-;. The van der Waals surface area contributed by atoms with Crippen molar-refractivity contribution in [2.24, 2.45) is 11.8 Å². The van der Waals surface area contributed by atoms with E-state index in [0.29, 0.717) is 11.1 Å². The van der Waals surface area contributed by atoms with Crippen LogP contribution < -0.4 is 0 Å². The van der Waals surface area contributed by atoms with Gasteiger partial charge in [0.25, 0.3) is 0 Å². The molecule has 2 rings (SSSR count). The van der Waals surface area contributed by atoms with Crippen molar-refractivity contribution in [2.45, 2.75) is 27.7 Å². The zero-order valence-corrected chi connectivity index (χ0v) is 18.0. The molecule has 0 aromatic heterocycles. The molecule has 0 atom stereocenters. The summed E-state index contributed by atoms with van der Waals surface area (Å²) < 4.78 is 0. The number of carbonyl (C=O) groups excluding carboxylic acids is 2. The summed E-state index contributed by atoms with van der Waals surface area (Å²) in [5.41, 5.74) is 1.34. The van der Waals surface area contributed by atoms with Crippen LogP contribution in [-0.2, 0) is 26.7 Å². The van der Waals surface area contributed by atoms with E-state index in [-0.39, 0.29) is 52.0 Å². The van der Waals surface area contributed by atoms with E-state index >= 15 is 0 Å². The Hall–Kier alpha value is -2.62. The van der Waals surface area contributed by atoms with Gasteiger partial charge in [0, 0.05) is 52.2 Å². The molecule has 0 aliphatic heterocycles. The maximum Gasteiger partial charge on any atom is 0.161 e. The first-order valence-electron chi connectivity index (χ1n) is 9.22. The second-order valence-corrected chi connectivity index (χ2v) is 6.91. The number of allylic oxidation sites excluding steroid dienone is 2. The molecule has 29 heavy (non-hydrogen) atoms. The Labute approximate surface area is 183 Å². The Balaban J connectivity index is 0.000000523. The maximum atomic E-state index is 11.3. The van der Waals surface area contributed by atoms with Gasteiger partial charge in [-0.15, -0.1) is 0 Å². The van der Waals surface area contributed by atoms with Gasteiger partial charge in [0.15, 0.2) is 11.6 Å². The molecule has 0 fully saturated rings. The topological polar surface area (TPSA) is 74.6 Å². The molecule has 0 aliphatic carbocycles. The van der Waals surface area contributed by atoms with Crippen LogP contribution in [0, 0.1) is 11.8 Å². The zero-order valence-electron chi connectivity index (χ0n) is 17.1. The average Bonchev–Trinajstić information content (AvgIpc) is 2.69. The van der Waals surface area contributed by atoms with Crippen molar-refractivity contribution in [3.8, 4) is 0 Å². The van der Waals surface area contributed by atoms with Gasteiger partial charge in [-0.05, 0) is 0 Å². The molecule has 0 unspecified atom stereocenters. The monoisotopic (exact) mass is 443 g/mol. The first-order chi connectivity index (χ1) is 13.2. The molecule has 5 heteroatoms. The van der Waals surface area contributed by atoms with Crippen LogP contribution in [0.1, 0.15) is 38.8 Å². The predicted molar refractivity (Wildman–Crippen MR) is 114 cm³/mol. The van der Waals surface area contributed by atoms with Gasteiger partial charge in [-0.25, -0.2) is 0 Å². The van der Waals surface area contributed by atoms with Crippen LogP contribution in [0.15, 0.2) is 72.8 Å². The molecule has 4 nitrogen and oxygen atoms in total. The number of ketones is 2. The number of carbonyl (C=O) groups is 2. The smallest absolute Gasteiger partial charge is 0.161 e. The van der Waals surface area contributed by atoms with Crippen LogP contribution in [0.4, 0.5) is 0 Å². The van der Waals surface area contributed by atoms with Gasteiger partial charge in [-0.1, -0.05) is 88.4 Å². The van der Waals surface area contributed by atoms with Crippen LogP contribution >= 0.6 is 0 Å². The second-order valence-electron chi connectivity index (χ2n) is 6.91. The summed E-state index contributed by atoms with van der Waals surface area (Å²) in [5.74, 6) is -0.229. The van der Waals surface area contributed by atoms with Gasteiger partial charge in [-0.2, -0.15) is 0 Å². The van der Waals surface area contributed by atoms with Crippen molar-refractivity contribution in [1.29, 1.82) is 0 Å². The molecule has 0 spiro atoms. The quantitative estimate of drug-likeness (QED) is 0.345. The van der Waals surface area contributed by atoms with Gasteiger partial charge >= 0.3 is 0 Å². The molecule has 2 N–H and O–H groups in total. The minimum Gasteiger partial charge on any atom is -0.507 e. The molecular formula is C24H28CuO4. The SMILES string of the molecule is CC(C)C(=O)/C=C(\O)c1ccccc1.CC(C)C(=O)/C=C(\O)c1ccccc1.[Cu]. The largest absolute Gasteiger partial charge is 0.507 e. The number of aliphatic hydroxyl groups excluding tert-OH is 2. The second kappa shape index (κ2) is 13.5. The van der Waals surface area contributed by atoms with Gasteiger partial charge < -0.3 is 10.2 Å². The van der Waals surface area contributed by atoms with Gasteiger partial charge in [0.05, 0.1) is 0 Å². The van der Waals surface area contributed by atoms with Gasteiger partial charge in [0.1, 0.15) is 11.5 Å². The fourth-order valence-corrected chi connectivity index (χ4v) is 1.99. The van der Waals surface area contributed by atoms with Gasteiger partial charge in [-0.3, -0.25) is 9.59 Å². The van der Waals surface area contributed by atoms with Crippen molar-refractivity contribution < 1.29 is 36.9 Å². The number of rotatable bonds is 6. The van der Waals surface area contributed by atoms with E-state index < -0.39 is 0 Å². The van der Waals surface area contributed by atoms with Crippen molar-refractivity contribution in [3.63, 3.8) is 0 Å². The fourth-order valence-electron chi connectivity index (χ4n) is 1.99. The normalized spacial score (nSPS) is 11.4. The average molecular weight is 444 g/mol. The molecule has 0 saturated carbocycles. The summed E-state index contributed by atoms with van der Waals surface area (Å²) in [6, 6.07) is 18.1.